The molecule has 82 valence electrons. The summed E-state index contributed by atoms with van der Waals surface area (Å²) in [5.41, 5.74) is 5.05. The van der Waals surface area contributed by atoms with Gasteiger partial charge in [-0.2, -0.15) is 5.10 Å². The number of hydrogen-bond donors (Lipinski definition) is 1. The molecule has 3 rings (SSSR count). The molecule has 2 aromatic rings. The maximum atomic E-state index is 4.67. The van der Waals surface area contributed by atoms with Gasteiger partial charge in [0.1, 0.15) is 0 Å². The second-order valence-electron chi connectivity index (χ2n) is 4.18. The average molecular weight is 213 g/mol. The van der Waals surface area contributed by atoms with Crippen molar-refractivity contribution in [2.45, 2.75) is 19.9 Å². The largest absolute Gasteiger partial charge is 0.311 e. The van der Waals surface area contributed by atoms with Crippen LogP contribution in [0.1, 0.15) is 17.0 Å². The minimum atomic E-state index is 0.899. The zero-order valence-corrected chi connectivity index (χ0v) is 9.40. The van der Waals surface area contributed by atoms with Gasteiger partial charge in [0.25, 0.3) is 0 Å². The van der Waals surface area contributed by atoms with Gasteiger partial charge in [-0.1, -0.05) is 18.2 Å². The number of hydrogen-bond acceptors (Lipinski definition) is 2. The fourth-order valence-corrected chi connectivity index (χ4v) is 2.30. The molecule has 2 heterocycles. The van der Waals surface area contributed by atoms with Crippen LogP contribution in [0.2, 0.25) is 0 Å². The van der Waals surface area contributed by atoms with Gasteiger partial charge < -0.3 is 5.32 Å². The highest BCUT2D eigenvalue weighted by atomic mass is 15.3. The molecule has 0 bridgehead atoms. The van der Waals surface area contributed by atoms with Crippen LogP contribution < -0.4 is 5.32 Å². The van der Waals surface area contributed by atoms with Crippen LogP contribution in [0.25, 0.3) is 5.69 Å². The first kappa shape index (κ1) is 9.60. The Labute approximate surface area is 95.1 Å². The smallest absolute Gasteiger partial charge is 0.0802 e. The molecule has 0 fully saturated rings. The Bertz CT molecular complexity index is 499. The maximum Gasteiger partial charge on any atom is 0.0802 e. The summed E-state index contributed by atoms with van der Waals surface area (Å²) in [6, 6.07) is 10.3. The standard InChI is InChI=1S/C13H15N3/c1-10-12-7-8-14-9-13(12)15-16(10)11-5-3-2-4-6-11/h2-6,14H,7-9H2,1H3. The highest BCUT2D eigenvalue weighted by Gasteiger charge is 2.17. The van der Waals surface area contributed by atoms with Crippen molar-refractivity contribution in [2.75, 3.05) is 6.54 Å². The summed E-state index contributed by atoms with van der Waals surface area (Å²) in [7, 11) is 0. The minimum absolute atomic E-state index is 0.899. The number of para-hydroxylation sites is 1. The normalized spacial score (nSPS) is 14.8. The number of benzene rings is 1. The van der Waals surface area contributed by atoms with Crippen LogP contribution in [-0.4, -0.2) is 16.3 Å². The fourth-order valence-electron chi connectivity index (χ4n) is 2.30. The zero-order valence-electron chi connectivity index (χ0n) is 9.40. The summed E-state index contributed by atoms with van der Waals surface area (Å²) in [5, 5.41) is 8.03. The highest BCUT2D eigenvalue weighted by molar-refractivity contribution is 5.37. The Morgan fingerprint density at radius 3 is 2.81 bits per heavy atom. The van der Waals surface area contributed by atoms with Gasteiger partial charge in [0.2, 0.25) is 0 Å². The highest BCUT2D eigenvalue weighted by Crippen LogP contribution is 2.20. The first-order chi connectivity index (χ1) is 7.86. The molecule has 0 unspecified atom stereocenters. The molecule has 1 aromatic carbocycles. The van der Waals surface area contributed by atoms with E-state index in [2.05, 4.69) is 34.2 Å². The van der Waals surface area contributed by atoms with Crippen LogP contribution in [0.3, 0.4) is 0 Å². The molecule has 1 aliphatic heterocycles. The van der Waals surface area contributed by atoms with Gasteiger partial charge >= 0.3 is 0 Å². The number of rotatable bonds is 1. The molecule has 0 spiro atoms. The van der Waals surface area contributed by atoms with Gasteiger partial charge in [0, 0.05) is 12.2 Å². The molecule has 16 heavy (non-hydrogen) atoms. The molecule has 1 aliphatic rings. The van der Waals surface area contributed by atoms with E-state index in [0.29, 0.717) is 0 Å². The lowest BCUT2D eigenvalue weighted by Gasteiger charge is -2.10. The van der Waals surface area contributed by atoms with Gasteiger partial charge in [-0.05, 0) is 37.6 Å². The first-order valence-corrected chi connectivity index (χ1v) is 5.70. The minimum Gasteiger partial charge on any atom is -0.311 e. The lowest BCUT2D eigenvalue weighted by atomic mass is 10.1. The molecular weight excluding hydrogens is 198 g/mol. The Morgan fingerprint density at radius 1 is 1.25 bits per heavy atom. The summed E-state index contributed by atoms with van der Waals surface area (Å²) in [6.07, 6.45) is 1.09. The van der Waals surface area contributed by atoms with Gasteiger partial charge in [-0.3, -0.25) is 0 Å². The third kappa shape index (κ3) is 1.44. The summed E-state index contributed by atoms with van der Waals surface area (Å²) < 4.78 is 2.05. The van der Waals surface area contributed by atoms with E-state index in [1.807, 2.05) is 18.2 Å². The van der Waals surface area contributed by atoms with E-state index >= 15 is 0 Å². The summed E-state index contributed by atoms with van der Waals surface area (Å²) >= 11 is 0. The quantitative estimate of drug-likeness (QED) is 0.783. The number of aromatic nitrogens is 2. The molecule has 1 aromatic heterocycles. The van der Waals surface area contributed by atoms with E-state index in [1.165, 1.54) is 17.0 Å². The lowest BCUT2D eigenvalue weighted by Crippen LogP contribution is -2.23. The first-order valence-electron chi connectivity index (χ1n) is 5.70. The van der Waals surface area contributed by atoms with Gasteiger partial charge in [-0.25, -0.2) is 4.68 Å². The van der Waals surface area contributed by atoms with Crippen molar-refractivity contribution >= 4 is 0 Å². The second kappa shape index (κ2) is 3.76. The Kier molecular flexibility index (Phi) is 2.26. The van der Waals surface area contributed by atoms with Crippen molar-refractivity contribution in [3.63, 3.8) is 0 Å². The molecule has 0 amide bonds. The molecular formula is C13H15N3. The second-order valence-corrected chi connectivity index (χ2v) is 4.18. The third-order valence-electron chi connectivity index (χ3n) is 3.17. The zero-order chi connectivity index (χ0) is 11.0. The SMILES string of the molecule is Cc1c2c(nn1-c1ccccc1)CNCC2. The van der Waals surface area contributed by atoms with Crippen LogP contribution in [0.5, 0.6) is 0 Å². The van der Waals surface area contributed by atoms with Crippen molar-refractivity contribution in [1.82, 2.24) is 15.1 Å². The van der Waals surface area contributed by atoms with Crippen LogP contribution in [0.15, 0.2) is 30.3 Å². The van der Waals surface area contributed by atoms with Gasteiger partial charge in [0.05, 0.1) is 11.4 Å². The fraction of sp³-hybridized carbons (Fsp3) is 0.308. The van der Waals surface area contributed by atoms with Crippen molar-refractivity contribution in [3.8, 4) is 5.69 Å². The lowest BCUT2D eigenvalue weighted by molar-refractivity contribution is 0.629. The van der Waals surface area contributed by atoms with Crippen molar-refractivity contribution in [3.05, 3.63) is 47.3 Å². The van der Waals surface area contributed by atoms with Gasteiger partial charge in [0.15, 0.2) is 0 Å². The predicted octanol–water partition coefficient (Wildman–Crippen LogP) is 1.83. The van der Waals surface area contributed by atoms with Gasteiger partial charge in [-0.15, -0.1) is 0 Å². The van der Waals surface area contributed by atoms with E-state index in [-0.39, 0.29) is 0 Å². The van der Waals surface area contributed by atoms with Crippen LogP contribution in [0, 0.1) is 6.92 Å². The molecule has 0 atom stereocenters. The summed E-state index contributed by atoms with van der Waals surface area (Å²) in [5.74, 6) is 0. The van der Waals surface area contributed by atoms with Crippen LogP contribution in [-0.2, 0) is 13.0 Å². The van der Waals surface area contributed by atoms with E-state index in [4.69, 9.17) is 0 Å². The van der Waals surface area contributed by atoms with Crippen LogP contribution >= 0.6 is 0 Å². The Morgan fingerprint density at radius 2 is 2.06 bits per heavy atom. The monoisotopic (exact) mass is 213 g/mol. The number of nitrogens with one attached hydrogen (secondary N) is 1. The Hall–Kier alpha value is -1.61. The summed E-state index contributed by atoms with van der Waals surface area (Å²) in [6.45, 7) is 4.12. The van der Waals surface area contributed by atoms with Crippen molar-refractivity contribution in [2.24, 2.45) is 0 Å². The molecule has 0 radical (unpaired) electrons. The molecule has 0 aliphatic carbocycles. The molecule has 0 saturated heterocycles. The van der Waals surface area contributed by atoms with E-state index in [0.717, 1.165) is 25.2 Å². The molecule has 0 saturated carbocycles. The molecule has 1 N–H and O–H groups in total. The van der Waals surface area contributed by atoms with E-state index in [9.17, 15) is 0 Å². The topological polar surface area (TPSA) is 29.9 Å². The predicted molar refractivity (Wildman–Crippen MR) is 63.7 cm³/mol. The maximum absolute atomic E-state index is 4.67. The summed E-state index contributed by atoms with van der Waals surface area (Å²) in [4.78, 5) is 0. The molecule has 3 heteroatoms. The van der Waals surface area contributed by atoms with Crippen molar-refractivity contribution < 1.29 is 0 Å². The Balaban J connectivity index is 2.12. The van der Waals surface area contributed by atoms with Crippen molar-refractivity contribution in [1.29, 1.82) is 0 Å². The van der Waals surface area contributed by atoms with E-state index in [1.54, 1.807) is 0 Å². The van der Waals surface area contributed by atoms with Crippen LogP contribution in [0.4, 0.5) is 0 Å². The third-order valence-corrected chi connectivity index (χ3v) is 3.17. The number of nitrogens with zero attached hydrogens (tertiary/aromatic N) is 2. The average Bonchev–Trinajstić information content (AvgIpc) is 2.69. The molecule has 3 nitrogen and oxygen atoms in total. The number of fused-ring (bicyclic) bond motifs is 1. The van der Waals surface area contributed by atoms with E-state index < -0.39 is 0 Å².